The highest BCUT2D eigenvalue weighted by atomic mass is 16.4. The topological polar surface area (TPSA) is 152 Å². The fraction of sp³-hybridized carbons (Fsp3) is 0. The fourth-order valence-electron chi connectivity index (χ4n) is 2.04. The first kappa shape index (κ1) is 15.8. The van der Waals surface area contributed by atoms with Crippen molar-refractivity contribution in [2.45, 2.75) is 0 Å². The lowest BCUT2D eigenvalue weighted by molar-refractivity contribution is -0.131. The molecule has 2 aromatic rings. The first-order valence-electron chi connectivity index (χ1n) is 6.12. The van der Waals surface area contributed by atoms with Crippen LogP contribution in [-0.4, -0.2) is 37.5 Å². The van der Waals surface area contributed by atoms with E-state index in [9.17, 15) is 29.7 Å². The van der Waals surface area contributed by atoms with Crippen molar-refractivity contribution < 1.29 is 35.1 Å². The molecule has 0 spiro atoms. The van der Waals surface area contributed by atoms with E-state index in [0.717, 1.165) is 18.2 Å². The van der Waals surface area contributed by atoms with Gasteiger partial charge in [-0.1, -0.05) is 0 Å². The summed E-state index contributed by atoms with van der Waals surface area (Å²) < 4.78 is 0. The average molecular weight is 318 g/mol. The molecule has 23 heavy (non-hydrogen) atoms. The van der Waals surface area contributed by atoms with Crippen LogP contribution < -0.4 is 5.43 Å². The average Bonchev–Trinajstić information content (AvgIpc) is 2.59. The lowest BCUT2D eigenvalue weighted by Gasteiger charge is -2.06. The van der Waals surface area contributed by atoms with Crippen molar-refractivity contribution in [3.63, 3.8) is 0 Å². The predicted molar refractivity (Wildman–Crippen MR) is 78.8 cm³/mol. The van der Waals surface area contributed by atoms with Crippen LogP contribution in [0, 0.1) is 0 Å². The zero-order valence-electron chi connectivity index (χ0n) is 11.3. The third-order valence-electron chi connectivity index (χ3n) is 3.06. The van der Waals surface area contributed by atoms with Gasteiger partial charge in [-0.2, -0.15) is 0 Å². The van der Waals surface area contributed by atoms with Crippen LogP contribution in [0.4, 0.5) is 0 Å². The number of aromatic hydroxyl groups is 3. The number of benzene rings is 1. The third-order valence-corrected chi connectivity index (χ3v) is 3.06. The summed E-state index contributed by atoms with van der Waals surface area (Å²) in [7, 11) is 0. The van der Waals surface area contributed by atoms with Crippen LogP contribution in [0.3, 0.4) is 0 Å². The van der Waals surface area contributed by atoms with Crippen molar-refractivity contribution in [2.75, 3.05) is 0 Å². The van der Waals surface area contributed by atoms with Gasteiger partial charge in [0.05, 0.1) is 10.9 Å². The normalized spacial score (nSPS) is 11.0. The Balaban J connectivity index is 3.08. The number of hydrogen-bond acceptors (Lipinski definition) is 6. The van der Waals surface area contributed by atoms with Crippen LogP contribution in [0.1, 0.15) is 15.9 Å². The minimum Gasteiger partial charge on any atom is -0.504 e. The first-order valence-corrected chi connectivity index (χ1v) is 6.12. The van der Waals surface area contributed by atoms with E-state index in [2.05, 4.69) is 0 Å². The van der Waals surface area contributed by atoms with E-state index in [1.54, 1.807) is 0 Å². The summed E-state index contributed by atoms with van der Waals surface area (Å²) in [5.74, 6) is -5.27. The number of fused-ring (bicyclic) bond motifs is 1. The summed E-state index contributed by atoms with van der Waals surface area (Å²) >= 11 is 0. The molecular formula is C15H10O8. The van der Waals surface area contributed by atoms with Crippen LogP contribution in [0.15, 0.2) is 29.1 Å². The molecule has 2 aromatic carbocycles. The van der Waals surface area contributed by atoms with Gasteiger partial charge in [0, 0.05) is 12.1 Å². The van der Waals surface area contributed by atoms with Crippen molar-refractivity contribution in [1.29, 1.82) is 0 Å². The third kappa shape index (κ3) is 2.91. The molecule has 2 rings (SSSR count). The Morgan fingerprint density at radius 3 is 2.17 bits per heavy atom. The Morgan fingerprint density at radius 1 is 0.957 bits per heavy atom. The number of rotatable bonds is 3. The molecule has 0 aromatic heterocycles. The number of aliphatic carboxylic acids is 1. The van der Waals surface area contributed by atoms with Gasteiger partial charge in [-0.3, -0.25) is 4.79 Å². The van der Waals surface area contributed by atoms with E-state index < -0.39 is 45.6 Å². The summed E-state index contributed by atoms with van der Waals surface area (Å²) in [5, 5.41) is 46.6. The molecule has 0 aliphatic carbocycles. The van der Waals surface area contributed by atoms with E-state index in [-0.39, 0.29) is 10.9 Å². The zero-order valence-corrected chi connectivity index (χ0v) is 11.3. The molecule has 118 valence electrons. The second kappa shape index (κ2) is 5.68. The maximum absolute atomic E-state index is 11.8. The van der Waals surface area contributed by atoms with E-state index in [0.29, 0.717) is 12.1 Å². The largest absolute Gasteiger partial charge is 0.504 e. The quantitative estimate of drug-likeness (QED) is 0.417. The molecule has 0 saturated heterocycles. The van der Waals surface area contributed by atoms with Crippen molar-refractivity contribution in [3.8, 4) is 17.2 Å². The van der Waals surface area contributed by atoms with Crippen LogP contribution in [0.5, 0.6) is 17.2 Å². The van der Waals surface area contributed by atoms with Gasteiger partial charge in [-0.25, -0.2) is 9.59 Å². The molecule has 0 atom stereocenters. The van der Waals surface area contributed by atoms with E-state index in [1.165, 1.54) is 0 Å². The molecule has 0 aliphatic rings. The molecule has 8 nitrogen and oxygen atoms in total. The van der Waals surface area contributed by atoms with Crippen LogP contribution in [0.25, 0.3) is 16.8 Å². The molecule has 0 fully saturated rings. The second-order valence-corrected chi connectivity index (χ2v) is 4.56. The Kier molecular flexibility index (Phi) is 3.91. The molecule has 0 bridgehead atoms. The molecule has 0 aliphatic heterocycles. The lowest BCUT2D eigenvalue weighted by atomic mass is 10.0. The molecule has 0 amide bonds. The number of carboxylic acid groups (broad SMARTS) is 2. The van der Waals surface area contributed by atoms with Gasteiger partial charge in [0.25, 0.3) is 0 Å². The van der Waals surface area contributed by atoms with Gasteiger partial charge in [-0.15, -0.1) is 0 Å². The summed E-state index contributed by atoms with van der Waals surface area (Å²) in [6.45, 7) is 0. The Morgan fingerprint density at radius 2 is 1.61 bits per heavy atom. The minimum atomic E-state index is -1.46. The van der Waals surface area contributed by atoms with E-state index in [1.807, 2.05) is 0 Å². The number of phenolic OH excluding ortho intramolecular Hbond substituents is 2. The highest BCUT2D eigenvalue weighted by Crippen LogP contribution is 2.39. The fourth-order valence-corrected chi connectivity index (χ4v) is 2.04. The maximum Gasteiger partial charge on any atom is 0.335 e. The van der Waals surface area contributed by atoms with Gasteiger partial charge < -0.3 is 25.5 Å². The Hall–Kier alpha value is -3.55. The Labute approximate surface area is 127 Å². The van der Waals surface area contributed by atoms with Crippen LogP contribution >= 0.6 is 0 Å². The molecule has 0 saturated carbocycles. The molecular weight excluding hydrogens is 308 g/mol. The summed E-state index contributed by atoms with van der Waals surface area (Å²) in [4.78, 5) is 33.5. The number of hydrogen-bond donors (Lipinski definition) is 5. The monoisotopic (exact) mass is 318 g/mol. The summed E-state index contributed by atoms with van der Waals surface area (Å²) in [5.41, 5.74) is -1.56. The minimum absolute atomic E-state index is 0.00824. The van der Waals surface area contributed by atoms with Gasteiger partial charge >= 0.3 is 11.9 Å². The number of carboxylic acids is 2. The van der Waals surface area contributed by atoms with Gasteiger partial charge in [0.15, 0.2) is 17.2 Å². The van der Waals surface area contributed by atoms with E-state index in [4.69, 9.17) is 10.2 Å². The summed E-state index contributed by atoms with van der Waals surface area (Å²) in [6.07, 6.45) is 1.74. The van der Waals surface area contributed by atoms with Gasteiger partial charge in [0.1, 0.15) is 0 Å². The van der Waals surface area contributed by atoms with Crippen molar-refractivity contribution >= 4 is 28.8 Å². The predicted octanol–water partition coefficient (Wildman–Crippen LogP) is 1.11. The van der Waals surface area contributed by atoms with Gasteiger partial charge in [0.2, 0.25) is 5.43 Å². The second-order valence-electron chi connectivity index (χ2n) is 4.56. The van der Waals surface area contributed by atoms with E-state index >= 15 is 0 Å². The van der Waals surface area contributed by atoms with Crippen LogP contribution in [-0.2, 0) is 4.79 Å². The maximum atomic E-state index is 11.8. The Bertz CT molecular complexity index is 927. The molecule has 8 heteroatoms. The van der Waals surface area contributed by atoms with Crippen molar-refractivity contribution in [1.82, 2.24) is 0 Å². The first-order chi connectivity index (χ1) is 10.7. The van der Waals surface area contributed by atoms with Crippen molar-refractivity contribution in [3.05, 3.63) is 45.6 Å². The smallest absolute Gasteiger partial charge is 0.335 e. The number of carbonyl (C=O) groups is 2. The summed E-state index contributed by atoms with van der Waals surface area (Å²) in [6, 6.07) is 2.62. The highest BCUT2D eigenvalue weighted by Gasteiger charge is 2.17. The standard InChI is InChI=1S/C15H10O8/c16-9-4-6(1-2-11(18)19)8-3-7(15(22)23)5-10(17)14(21)12(8)13(9)20/h1-5,16,20H,(H,17,21)(H,18,19)(H,22,23)/b2-1+. The lowest BCUT2D eigenvalue weighted by Crippen LogP contribution is -2.00. The molecule has 5 N–H and O–H groups in total. The molecule has 0 radical (unpaired) electrons. The SMILES string of the molecule is O=C(O)/C=C/c1cc(O)c(O)c2c(O)c(=O)cc(C(=O)O)cc12. The zero-order chi connectivity index (χ0) is 17.3. The highest BCUT2D eigenvalue weighted by molar-refractivity contribution is 6.03. The molecule has 0 unspecified atom stereocenters. The molecule has 0 heterocycles. The van der Waals surface area contributed by atoms with Crippen molar-refractivity contribution in [2.24, 2.45) is 0 Å². The number of aromatic carboxylic acids is 1. The van der Waals surface area contributed by atoms with Gasteiger partial charge in [-0.05, 0) is 29.2 Å². The number of phenols is 2. The van der Waals surface area contributed by atoms with Crippen LogP contribution in [0.2, 0.25) is 0 Å².